The minimum absolute atomic E-state index is 0. The SMILES string of the molecule is CC(C)(c1ccccc1)c1ccccc1.Cc1ccc(Cc2ccccc2)cc1.O.O.O.[HH]. The van der Waals surface area contributed by atoms with Crippen molar-refractivity contribution in [2.75, 3.05) is 0 Å². The topological polar surface area (TPSA) is 94.5 Å². The molecule has 0 radical (unpaired) electrons. The van der Waals surface area contributed by atoms with Crippen molar-refractivity contribution in [3.8, 4) is 0 Å². The Labute approximate surface area is 193 Å². The van der Waals surface area contributed by atoms with Crippen molar-refractivity contribution in [1.29, 1.82) is 0 Å². The fraction of sp³-hybridized carbons (Fsp3) is 0.172. The van der Waals surface area contributed by atoms with Crippen molar-refractivity contribution in [3.05, 3.63) is 143 Å². The van der Waals surface area contributed by atoms with E-state index < -0.39 is 0 Å². The van der Waals surface area contributed by atoms with Crippen molar-refractivity contribution in [3.63, 3.8) is 0 Å². The lowest BCUT2D eigenvalue weighted by molar-refractivity contribution is 0.641. The van der Waals surface area contributed by atoms with E-state index in [2.05, 4.69) is 136 Å². The molecule has 0 atom stereocenters. The fourth-order valence-corrected chi connectivity index (χ4v) is 3.41. The molecule has 32 heavy (non-hydrogen) atoms. The lowest BCUT2D eigenvalue weighted by Gasteiger charge is -2.25. The molecule has 0 amide bonds. The Morgan fingerprint density at radius 1 is 0.500 bits per heavy atom. The van der Waals surface area contributed by atoms with Crippen LogP contribution in [-0.4, -0.2) is 16.4 Å². The predicted octanol–water partition coefficient (Wildman–Crippen LogP) is 5.37. The van der Waals surface area contributed by atoms with Gasteiger partial charge < -0.3 is 16.4 Å². The summed E-state index contributed by atoms with van der Waals surface area (Å²) in [5, 5.41) is 0. The van der Waals surface area contributed by atoms with Crippen molar-refractivity contribution < 1.29 is 17.9 Å². The average molecular weight is 435 g/mol. The molecule has 0 spiro atoms. The molecule has 3 nitrogen and oxygen atoms in total. The van der Waals surface area contributed by atoms with E-state index in [1.165, 1.54) is 27.8 Å². The van der Waals surface area contributed by atoms with Gasteiger partial charge in [0.25, 0.3) is 0 Å². The van der Waals surface area contributed by atoms with Crippen molar-refractivity contribution >= 4 is 0 Å². The molecule has 0 unspecified atom stereocenters. The number of hydrogen-bond acceptors (Lipinski definition) is 0. The highest BCUT2D eigenvalue weighted by Crippen LogP contribution is 2.30. The molecule has 4 rings (SSSR count). The Bertz CT molecular complexity index is 946. The molecule has 0 aliphatic carbocycles. The number of hydrogen-bond donors (Lipinski definition) is 0. The quantitative estimate of drug-likeness (QED) is 0.413. The third-order valence-corrected chi connectivity index (χ3v) is 5.36. The minimum Gasteiger partial charge on any atom is -0.412 e. The Kier molecular flexibility index (Phi) is 12.5. The van der Waals surface area contributed by atoms with Gasteiger partial charge in [0.15, 0.2) is 0 Å². The normalized spacial score (nSPS) is 9.72. The first-order valence-electron chi connectivity index (χ1n) is 10.3. The zero-order chi connectivity index (χ0) is 20.5. The molecule has 0 fully saturated rings. The Morgan fingerprint density at radius 3 is 1.25 bits per heavy atom. The molecule has 0 heterocycles. The van der Waals surface area contributed by atoms with Gasteiger partial charge in [-0.25, -0.2) is 0 Å². The van der Waals surface area contributed by atoms with Crippen LogP contribution >= 0.6 is 0 Å². The molecular weight excluding hydrogens is 396 g/mol. The summed E-state index contributed by atoms with van der Waals surface area (Å²) in [5.41, 5.74) is 6.87. The number of rotatable bonds is 4. The molecular formula is C29H38O3. The molecule has 0 bridgehead atoms. The van der Waals surface area contributed by atoms with E-state index in [1.54, 1.807) is 0 Å². The Hall–Kier alpha value is -3.24. The van der Waals surface area contributed by atoms with Gasteiger partial charge in [-0.3, -0.25) is 0 Å². The summed E-state index contributed by atoms with van der Waals surface area (Å²) >= 11 is 0. The first-order chi connectivity index (χ1) is 14.1. The van der Waals surface area contributed by atoms with E-state index in [9.17, 15) is 0 Å². The highest BCUT2D eigenvalue weighted by atomic mass is 16.0. The third-order valence-electron chi connectivity index (χ3n) is 5.36. The lowest BCUT2D eigenvalue weighted by Crippen LogP contribution is -2.18. The van der Waals surface area contributed by atoms with Gasteiger partial charge in [0.05, 0.1) is 0 Å². The monoisotopic (exact) mass is 434 g/mol. The molecule has 3 heteroatoms. The maximum absolute atomic E-state index is 2.26. The molecule has 0 aliphatic rings. The molecule has 4 aromatic carbocycles. The summed E-state index contributed by atoms with van der Waals surface area (Å²) in [7, 11) is 0. The van der Waals surface area contributed by atoms with Crippen LogP contribution in [0, 0.1) is 6.92 Å². The van der Waals surface area contributed by atoms with Crippen LogP contribution in [0.2, 0.25) is 0 Å². The maximum Gasteiger partial charge on any atom is 0.0146 e. The highest BCUT2D eigenvalue weighted by Gasteiger charge is 2.21. The standard InChI is InChI=1S/C15H16.C14H14.3H2O.H2/c1-15(2,13-9-5-3-6-10-13)14-11-7-4-8-12-14;1-12-7-9-14(10-8-12)11-13-5-3-2-4-6-13;;;;/h3-12H,1-2H3;2-10H,11H2,1H3;3*1H2;1H. The van der Waals surface area contributed by atoms with Crippen LogP contribution in [0.4, 0.5) is 0 Å². The van der Waals surface area contributed by atoms with E-state index in [0.717, 1.165) is 6.42 Å². The Balaban J connectivity index is 0. The minimum atomic E-state index is 0. The van der Waals surface area contributed by atoms with Gasteiger partial charge in [-0.05, 0) is 35.6 Å². The summed E-state index contributed by atoms with van der Waals surface area (Å²) in [6.07, 6.45) is 1.03. The van der Waals surface area contributed by atoms with Crippen LogP contribution in [0.25, 0.3) is 0 Å². The molecule has 4 aromatic rings. The maximum atomic E-state index is 2.26. The van der Waals surface area contributed by atoms with Gasteiger partial charge in [-0.1, -0.05) is 135 Å². The van der Waals surface area contributed by atoms with Crippen LogP contribution < -0.4 is 0 Å². The summed E-state index contributed by atoms with van der Waals surface area (Å²) < 4.78 is 0. The van der Waals surface area contributed by atoms with Crippen molar-refractivity contribution in [2.45, 2.75) is 32.6 Å². The first kappa shape index (κ1) is 28.8. The van der Waals surface area contributed by atoms with Crippen LogP contribution in [0.1, 0.15) is 43.1 Å². The smallest absolute Gasteiger partial charge is 0.0146 e. The summed E-state index contributed by atoms with van der Waals surface area (Å²) in [6, 6.07) is 40.5. The number of aryl methyl sites for hydroxylation is 1. The second-order valence-corrected chi connectivity index (χ2v) is 8.01. The van der Waals surface area contributed by atoms with Gasteiger partial charge >= 0.3 is 0 Å². The van der Waals surface area contributed by atoms with E-state index >= 15 is 0 Å². The van der Waals surface area contributed by atoms with Gasteiger partial charge in [0, 0.05) is 6.84 Å². The largest absolute Gasteiger partial charge is 0.412 e. The second kappa shape index (κ2) is 13.9. The highest BCUT2D eigenvalue weighted by molar-refractivity contribution is 5.37. The van der Waals surface area contributed by atoms with Gasteiger partial charge in [-0.2, -0.15) is 0 Å². The predicted molar refractivity (Wildman–Crippen MR) is 138 cm³/mol. The molecule has 0 aromatic heterocycles. The zero-order valence-electron chi connectivity index (χ0n) is 19.2. The van der Waals surface area contributed by atoms with E-state index in [1.807, 2.05) is 0 Å². The lowest BCUT2D eigenvalue weighted by atomic mass is 9.78. The van der Waals surface area contributed by atoms with Crippen LogP contribution in [0.15, 0.2) is 115 Å². The third kappa shape index (κ3) is 8.12. The number of benzene rings is 4. The Morgan fingerprint density at radius 2 is 0.844 bits per heavy atom. The van der Waals surface area contributed by atoms with E-state index in [0.29, 0.717) is 0 Å². The molecule has 0 saturated carbocycles. The first-order valence-corrected chi connectivity index (χ1v) is 10.3. The summed E-state index contributed by atoms with van der Waals surface area (Å²) in [5.74, 6) is 0. The molecule has 0 aliphatic heterocycles. The molecule has 0 saturated heterocycles. The summed E-state index contributed by atoms with van der Waals surface area (Å²) in [6.45, 7) is 6.64. The van der Waals surface area contributed by atoms with Gasteiger partial charge in [-0.15, -0.1) is 0 Å². The summed E-state index contributed by atoms with van der Waals surface area (Å²) in [4.78, 5) is 0. The zero-order valence-corrected chi connectivity index (χ0v) is 19.2. The van der Waals surface area contributed by atoms with Gasteiger partial charge in [0.1, 0.15) is 0 Å². The second-order valence-electron chi connectivity index (χ2n) is 8.01. The van der Waals surface area contributed by atoms with E-state index in [4.69, 9.17) is 0 Å². The van der Waals surface area contributed by atoms with E-state index in [-0.39, 0.29) is 23.3 Å². The molecule has 172 valence electrons. The molecule has 6 N–H and O–H groups in total. The average Bonchev–Trinajstić information content (AvgIpc) is 2.78. The fourth-order valence-electron chi connectivity index (χ4n) is 3.41. The van der Waals surface area contributed by atoms with Crippen molar-refractivity contribution in [2.24, 2.45) is 0 Å². The van der Waals surface area contributed by atoms with Crippen LogP contribution in [0.5, 0.6) is 0 Å². The van der Waals surface area contributed by atoms with Gasteiger partial charge in [0.2, 0.25) is 0 Å². The van der Waals surface area contributed by atoms with Crippen molar-refractivity contribution in [1.82, 2.24) is 0 Å². The van der Waals surface area contributed by atoms with Crippen LogP contribution in [-0.2, 0) is 11.8 Å². The van der Waals surface area contributed by atoms with Crippen LogP contribution in [0.3, 0.4) is 0 Å².